The van der Waals surface area contributed by atoms with Gasteiger partial charge >= 0.3 is 0 Å². The summed E-state index contributed by atoms with van der Waals surface area (Å²) in [5.74, 6) is 2.00. The van der Waals surface area contributed by atoms with Crippen LogP contribution in [0.5, 0.6) is 0 Å². The van der Waals surface area contributed by atoms with Crippen molar-refractivity contribution in [2.45, 2.75) is 20.3 Å². The lowest BCUT2D eigenvalue weighted by Gasteiger charge is -1.88. The smallest absolute Gasteiger partial charge is 0.105 e. The summed E-state index contributed by atoms with van der Waals surface area (Å²) in [6, 6.07) is 2.04. The van der Waals surface area contributed by atoms with E-state index in [9.17, 15) is 0 Å². The van der Waals surface area contributed by atoms with E-state index in [1.807, 2.05) is 19.9 Å². The molecule has 0 saturated heterocycles. The van der Waals surface area contributed by atoms with Crippen LogP contribution in [0.3, 0.4) is 0 Å². The first-order chi connectivity index (χ1) is 4.74. The fourth-order valence-electron chi connectivity index (χ4n) is 0.915. The van der Waals surface area contributed by atoms with E-state index in [1.165, 1.54) is 5.56 Å². The number of hydrogen-bond acceptors (Lipinski definition) is 2. The van der Waals surface area contributed by atoms with Crippen molar-refractivity contribution in [3.05, 3.63) is 23.2 Å². The molecule has 0 aliphatic carbocycles. The van der Waals surface area contributed by atoms with E-state index in [0.29, 0.717) is 6.54 Å². The van der Waals surface area contributed by atoms with Crippen molar-refractivity contribution in [3.8, 4) is 0 Å². The first-order valence-electron chi connectivity index (χ1n) is 3.50. The van der Waals surface area contributed by atoms with Gasteiger partial charge in [-0.1, -0.05) is 0 Å². The summed E-state index contributed by atoms with van der Waals surface area (Å²) >= 11 is 0. The largest absolute Gasteiger partial charge is 0.466 e. The molecule has 0 unspecified atom stereocenters. The molecule has 0 amide bonds. The Hall–Kier alpha value is -0.760. The van der Waals surface area contributed by atoms with Crippen molar-refractivity contribution in [2.24, 2.45) is 5.73 Å². The van der Waals surface area contributed by atoms with Crippen LogP contribution in [0.15, 0.2) is 10.5 Å². The minimum atomic E-state index is 0.659. The first kappa shape index (κ1) is 7.35. The average molecular weight is 139 g/mol. The lowest BCUT2D eigenvalue weighted by Crippen LogP contribution is -2.01. The van der Waals surface area contributed by atoms with Gasteiger partial charge in [0.15, 0.2) is 0 Å². The van der Waals surface area contributed by atoms with Crippen LogP contribution >= 0.6 is 0 Å². The van der Waals surface area contributed by atoms with Crippen LogP contribution in [0, 0.1) is 13.8 Å². The van der Waals surface area contributed by atoms with Crippen LogP contribution in [0.2, 0.25) is 0 Å². The molecule has 0 aromatic carbocycles. The molecule has 0 aliphatic heterocycles. The Balaban J connectivity index is 2.77. The predicted molar refractivity (Wildman–Crippen MR) is 40.9 cm³/mol. The normalized spacial score (nSPS) is 10.3. The molecule has 0 aliphatic rings. The highest BCUT2D eigenvalue weighted by Crippen LogP contribution is 2.12. The minimum Gasteiger partial charge on any atom is -0.466 e. The summed E-state index contributed by atoms with van der Waals surface area (Å²) in [5, 5.41) is 0. The molecule has 2 heteroatoms. The predicted octanol–water partition coefficient (Wildman–Crippen LogP) is 1.40. The van der Waals surface area contributed by atoms with Crippen molar-refractivity contribution in [1.29, 1.82) is 0 Å². The van der Waals surface area contributed by atoms with E-state index in [-0.39, 0.29) is 0 Å². The number of rotatable bonds is 2. The Kier molecular flexibility index (Phi) is 2.12. The van der Waals surface area contributed by atoms with Gasteiger partial charge in [-0.2, -0.15) is 0 Å². The third-order valence-electron chi connectivity index (χ3n) is 1.61. The van der Waals surface area contributed by atoms with Crippen molar-refractivity contribution in [3.63, 3.8) is 0 Å². The van der Waals surface area contributed by atoms with Crippen LogP contribution < -0.4 is 5.73 Å². The first-order valence-corrected chi connectivity index (χ1v) is 3.50. The molecule has 0 saturated carbocycles. The summed E-state index contributed by atoms with van der Waals surface area (Å²) in [6.07, 6.45) is 0.842. The van der Waals surface area contributed by atoms with Crippen molar-refractivity contribution in [1.82, 2.24) is 0 Å². The van der Waals surface area contributed by atoms with Crippen LogP contribution in [0.1, 0.15) is 17.1 Å². The number of hydrogen-bond donors (Lipinski definition) is 1. The Bertz CT molecular complexity index is 196. The molecule has 0 spiro atoms. The van der Waals surface area contributed by atoms with E-state index >= 15 is 0 Å². The molecule has 2 nitrogen and oxygen atoms in total. The van der Waals surface area contributed by atoms with E-state index < -0.39 is 0 Å². The molecule has 10 heavy (non-hydrogen) atoms. The van der Waals surface area contributed by atoms with Crippen molar-refractivity contribution >= 4 is 0 Å². The molecule has 56 valence electrons. The van der Waals surface area contributed by atoms with Crippen LogP contribution in [-0.4, -0.2) is 6.54 Å². The third-order valence-corrected chi connectivity index (χ3v) is 1.61. The van der Waals surface area contributed by atoms with Gasteiger partial charge in [-0.3, -0.25) is 0 Å². The van der Waals surface area contributed by atoms with Gasteiger partial charge in [0.25, 0.3) is 0 Å². The van der Waals surface area contributed by atoms with Crippen molar-refractivity contribution in [2.75, 3.05) is 6.54 Å². The lowest BCUT2D eigenvalue weighted by molar-refractivity contribution is 0.483. The summed E-state index contributed by atoms with van der Waals surface area (Å²) in [6.45, 7) is 4.67. The van der Waals surface area contributed by atoms with Gasteiger partial charge in [0.05, 0.1) is 0 Å². The highest BCUT2D eigenvalue weighted by atomic mass is 16.3. The van der Waals surface area contributed by atoms with Crippen molar-refractivity contribution < 1.29 is 4.42 Å². The second kappa shape index (κ2) is 2.88. The maximum atomic E-state index is 5.37. The topological polar surface area (TPSA) is 39.2 Å². The second-order valence-corrected chi connectivity index (χ2v) is 2.49. The Morgan fingerprint density at radius 2 is 2.20 bits per heavy atom. The average Bonchev–Trinajstić information content (AvgIpc) is 2.14. The summed E-state index contributed by atoms with van der Waals surface area (Å²) in [5.41, 5.74) is 6.57. The number of nitrogens with two attached hydrogens (primary N) is 1. The molecule has 1 rings (SSSR count). The molecule has 1 heterocycles. The molecule has 0 atom stereocenters. The molecule has 0 fully saturated rings. The van der Waals surface area contributed by atoms with Gasteiger partial charge in [0.1, 0.15) is 11.5 Å². The highest BCUT2D eigenvalue weighted by Gasteiger charge is 2.00. The fraction of sp³-hybridized carbons (Fsp3) is 0.500. The standard InChI is InChI=1S/C8H13NO/c1-6-5-8(3-4-9)10-7(6)2/h5H,3-4,9H2,1-2H3. The maximum Gasteiger partial charge on any atom is 0.105 e. The van der Waals surface area contributed by atoms with E-state index in [0.717, 1.165) is 17.9 Å². The molecular weight excluding hydrogens is 126 g/mol. The van der Waals surface area contributed by atoms with Crippen LogP contribution in [0.25, 0.3) is 0 Å². The summed E-state index contributed by atoms with van der Waals surface area (Å²) in [7, 11) is 0. The Labute approximate surface area is 61.0 Å². The van der Waals surface area contributed by atoms with E-state index in [4.69, 9.17) is 10.2 Å². The van der Waals surface area contributed by atoms with Gasteiger partial charge < -0.3 is 10.2 Å². The van der Waals surface area contributed by atoms with Gasteiger partial charge in [0.2, 0.25) is 0 Å². The molecular formula is C8H13NO. The number of aryl methyl sites for hydroxylation is 2. The molecule has 2 N–H and O–H groups in total. The molecule has 1 aromatic rings. The zero-order valence-corrected chi connectivity index (χ0v) is 6.48. The monoisotopic (exact) mass is 139 g/mol. The Morgan fingerprint density at radius 3 is 2.60 bits per heavy atom. The zero-order valence-electron chi connectivity index (χ0n) is 6.48. The van der Waals surface area contributed by atoms with E-state index in [1.54, 1.807) is 0 Å². The quantitative estimate of drug-likeness (QED) is 0.672. The third kappa shape index (κ3) is 1.39. The van der Waals surface area contributed by atoms with Gasteiger partial charge in [-0.25, -0.2) is 0 Å². The van der Waals surface area contributed by atoms with Gasteiger partial charge in [-0.15, -0.1) is 0 Å². The van der Waals surface area contributed by atoms with Gasteiger partial charge in [0, 0.05) is 6.42 Å². The SMILES string of the molecule is Cc1cc(CCN)oc1C. The highest BCUT2D eigenvalue weighted by molar-refractivity contribution is 5.18. The molecule has 1 aromatic heterocycles. The van der Waals surface area contributed by atoms with Crippen LogP contribution in [-0.2, 0) is 6.42 Å². The molecule has 0 radical (unpaired) electrons. The summed E-state index contributed by atoms with van der Waals surface area (Å²) < 4.78 is 5.37. The maximum absolute atomic E-state index is 5.37. The lowest BCUT2D eigenvalue weighted by atomic mass is 10.2. The van der Waals surface area contributed by atoms with E-state index in [2.05, 4.69) is 0 Å². The number of furan rings is 1. The fourth-order valence-corrected chi connectivity index (χ4v) is 0.915. The minimum absolute atomic E-state index is 0.659. The van der Waals surface area contributed by atoms with Gasteiger partial charge in [-0.05, 0) is 32.0 Å². The summed E-state index contributed by atoms with van der Waals surface area (Å²) in [4.78, 5) is 0. The van der Waals surface area contributed by atoms with Crippen LogP contribution in [0.4, 0.5) is 0 Å². The second-order valence-electron chi connectivity index (χ2n) is 2.49. The molecule has 0 bridgehead atoms. The zero-order chi connectivity index (χ0) is 7.56. The Morgan fingerprint density at radius 1 is 1.50 bits per heavy atom.